The normalized spacial score (nSPS) is 14.4. The maximum absolute atomic E-state index is 12.7. The Labute approximate surface area is 192 Å². The summed E-state index contributed by atoms with van der Waals surface area (Å²) in [6.07, 6.45) is -0.697. The lowest BCUT2D eigenvalue weighted by atomic mass is 10.0. The highest BCUT2D eigenvalue weighted by Gasteiger charge is 2.31. The fourth-order valence-electron chi connectivity index (χ4n) is 2.88. The molecule has 0 atom stereocenters. The van der Waals surface area contributed by atoms with Crippen LogP contribution in [0.3, 0.4) is 0 Å². The fourth-order valence-corrected chi connectivity index (χ4v) is 4.34. The van der Waals surface area contributed by atoms with Crippen LogP contribution in [0.25, 0.3) is 0 Å². The second kappa shape index (κ2) is 9.42. The molecule has 0 aliphatic carbocycles. The summed E-state index contributed by atoms with van der Waals surface area (Å²) in [6, 6.07) is 9.07. The molecule has 1 aliphatic rings. The van der Waals surface area contributed by atoms with Gasteiger partial charge in [0, 0.05) is 17.9 Å². The number of carbonyl (C=O) groups excluding carboxylic acids is 2. The molecule has 1 fully saturated rings. The van der Waals surface area contributed by atoms with E-state index in [2.05, 4.69) is 26.6 Å². The molecule has 0 spiro atoms. The number of hydrogen-bond donors (Lipinski definition) is 2. The van der Waals surface area contributed by atoms with Crippen LogP contribution in [0.15, 0.2) is 34.1 Å². The lowest BCUT2D eigenvalue weighted by Crippen LogP contribution is -2.53. The Hall–Kier alpha value is -2.01. The van der Waals surface area contributed by atoms with Crippen molar-refractivity contribution in [2.24, 2.45) is 0 Å². The summed E-state index contributed by atoms with van der Waals surface area (Å²) in [7, 11) is 0. The van der Waals surface area contributed by atoms with Crippen molar-refractivity contribution in [3.8, 4) is 5.06 Å². The third kappa shape index (κ3) is 5.57. The number of thiophene rings is 1. The Morgan fingerprint density at radius 2 is 2.07 bits per heavy atom. The van der Waals surface area contributed by atoms with E-state index in [-0.39, 0.29) is 5.91 Å². The van der Waals surface area contributed by atoms with Gasteiger partial charge in [0.25, 0.3) is 0 Å². The molecule has 1 saturated heterocycles. The SMILES string of the molecule is Cc1cc(NC(=O)C(C)(C)NC(=O)Oc2ccc(Br)s2)ccc1N1CCOCC1=S. The van der Waals surface area contributed by atoms with E-state index in [0.29, 0.717) is 30.5 Å². The molecule has 160 valence electrons. The van der Waals surface area contributed by atoms with Crippen LogP contribution < -0.4 is 20.3 Å². The zero-order valence-corrected chi connectivity index (χ0v) is 20.0. The summed E-state index contributed by atoms with van der Waals surface area (Å²) in [6.45, 7) is 6.94. The predicted molar refractivity (Wildman–Crippen MR) is 126 cm³/mol. The number of halogens is 1. The molecular formula is C20H22BrN3O4S2. The molecule has 30 heavy (non-hydrogen) atoms. The minimum absolute atomic E-state index is 0.360. The zero-order valence-electron chi connectivity index (χ0n) is 16.8. The topological polar surface area (TPSA) is 79.9 Å². The summed E-state index contributed by atoms with van der Waals surface area (Å²) < 4.78 is 11.4. The highest BCUT2D eigenvalue weighted by Crippen LogP contribution is 2.29. The van der Waals surface area contributed by atoms with E-state index in [1.807, 2.05) is 30.0 Å². The van der Waals surface area contributed by atoms with Gasteiger partial charge in [-0.2, -0.15) is 0 Å². The first-order chi connectivity index (χ1) is 14.2. The number of carbonyl (C=O) groups is 2. The monoisotopic (exact) mass is 511 g/mol. The van der Waals surface area contributed by atoms with Gasteiger partial charge in [-0.05, 0) is 72.6 Å². The van der Waals surface area contributed by atoms with E-state index in [9.17, 15) is 9.59 Å². The van der Waals surface area contributed by atoms with Crippen molar-refractivity contribution in [2.75, 3.05) is 30.0 Å². The highest BCUT2D eigenvalue weighted by molar-refractivity contribution is 9.11. The number of nitrogens with zero attached hydrogens (tertiary/aromatic N) is 1. The Bertz CT molecular complexity index is 977. The second-order valence-corrected chi connectivity index (χ2v) is 10.1. The van der Waals surface area contributed by atoms with Crippen LogP contribution in [0.4, 0.5) is 16.2 Å². The fraction of sp³-hybridized carbons (Fsp3) is 0.350. The lowest BCUT2D eigenvalue weighted by Gasteiger charge is -2.31. The van der Waals surface area contributed by atoms with E-state index in [4.69, 9.17) is 21.7 Å². The van der Waals surface area contributed by atoms with E-state index < -0.39 is 11.6 Å². The maximum atomic E-state index is 12.7. The number of benzene rings is 1. The van der Waals surface area contributed by atoms with Gasteiger partial charge in [0.1, 0.15) is 10.5 Å². The number of amides is 2. The molecular weight excluding hydrogens is 490 g/mol. The Morgan fingerprint density at radius 3 is 2.70 bits per heavy atom. The number of ether oxygens (including phenoxy) is 2. The summed E-state index contributed by atoms with van der Waals surface area (Å²) in [5.41, 5.74) is 1.42. The largest absolute Gasteiger partial charge is 0.414 e. The minimum atomic E-state index is -1.18. The molecule has 7 nitrogen and oxygen atoms in total. The van der Waals surface area contributed by atoms with Crippen molar-refractivity contribution in [1.29, 1.82) is 0 Å². The molecule has 0 saturated carbocycles. The van der Waals surface area contributed by atoms with Gasteiger partial charge in [0.05, 0.1) is 17.0 Å². The van der Waals surface area contributed by atoms with Gasteiger partial charge in [0.2, 0.25) is 5.91 Å². The van der Waals surface area contributed by atoms with Crippen molar-refractivity contribution in [2.45, 2.75) is 26.3 Å². The summed E-state index contributed by atoms with van der Waals surface area (Å²) in [4.78, 5) is 27.7. The van der Waals surface area contributed by atoms with Gasteiger partial charge in [-0.25, -0.2) is 4.79 Å². The first kappa shape index (κ1) is 22.7. The van der Waals surface area contributed by atoms with E-state index >= 15 is 0 Å². The number of thiocarbonyl (C=S) groups is 1. The molecule has 2 heterocycles. The molecule has 0 radical (unpaired) electrons. The van der Waals surface area contributed by atoms with Crippen molar-refractivity contribution in [3.05, 3.63) is 39.7 Å². The van der Waals surface area contributed by atoms with Crippen LogP contribution in [-0.2, 0) is 9.53 Å². The molecule has 2 amide bonds. The number of nitrogens with one attached hydrogen (secondary N) is 2. The van der Waals surface area contributed by atoms with Gasteiger partial charge in [-0.3, -0.25) is 4.79 Å². The molecule has 3 rings (SSSR count). The Kier molecular flexibility index (Phi) is 7.12. The van der Waals surface area contributed by atoms with Crippen LogP contribution >= 0.6 is 39.5 Å². The van der Waals surface area contributed by atoms with Crippen molar-refractivity contribution >= 4 is 67.8 Å². The van der Waals surface area contributed by atoms with Crippen LogP contribution in [0.5, 0.6) is 5.06 Å². The number of rotatable bonds is 5. The average molecular weight is 512 g/mol. The second-order valence-electron chi connectivity index (χ2n) is 7.25. The van der Waals surface area contributed by atoms with Crippen molar-refractivity contribution in [1.82, 2.24) is 5.32 Å². The molecule has 0 unspecified atom stereocenters. The first-order valence-electron chi connectivity index (χ1n) is 9.21. The average Bonchev–Trinajstić information content (AvgIpc) is 3.06. The molecule has 10 heteroatoms. The molecule has 0 bridgehead atoms. The van der Waals surface area contributed by atoms with E-state index in [1.54, 1.807) is 26.0 Å². The van der Waals surface area contributed by atoms with Gasteiger partial charge < -0.3 is 25.0 Å². The quantitative estimate of drug-likeness (QED) is 0.575. The number of anilines is 2. The van der Waals surface area contributed by atoms with Gasteiger partial charge >= 0.3 is 6.09 Å². The summed E-state index contributed by atoms with van der Waals surface area (Å²) >= 11 is 9.98. The summed E-state index contributed by atoms with van der Waals surface area (Å²) in [5.74, 6) is -0.360. The smallest absolute Gasteiger partial charge is 0.399 e. The summed E-state index contributed by atoms with van der Waals surface area (Å²) in [5, 5.41) is 5.88. The van der Waals surface area contributed by atoms with E-state index in [1.165, 1.54) is 11.3 Å². The highest BCUT2D eigenvalue weighted by atomic mass is 79.9. The number of hydrogen-bond acceptors (Lipinski definition) is 6. The molecule has 1 aromatic heterocycles. The number of aryl methyl sites for hydroxylation is 1. The lowest BCUT2D eigenvalue weighted by molar-refractivity contribution is -0.121. The van der Waals surface area contributed by atoms with Crippen LogP contribution in [0.2, 0.25) is 0 Å². The predicted octanol–water partition coefficient (Wildman–Crippen LogP) is 4.49. The first-order valence-corrected chi connectivity index (χ1v) is 11.2. The molecule has 1 aromatic carbocycles. The van der Waals surface area contributed by atoms with Gasteiger partial charge in [0.15, 0.2) is 5.06 Å². The zero-order chi connectivity index (χ0) is 21.9. The van der Waals surface area contributed by atoms with Crippen molar-refractivity contribution < 1.29 is 19.1 Å². The molecule has 2 N–H and O–H groups in total. The third-order valence-electron chi connectivity index (χ3n) is 4.46. The molecule has 2 aromatic rings. The Balaban J connectivity index is 1.63. The van der Waals surface area contributed by atoms with Crippen LogP contribution in [0, 0.1) is 6.92 Å². The van der Waals surface area contributed by atoms with Gasteiger partial charge in [-0.1, -0.05) is 23.6 Å². The third-order valence-corrected chi connectivity index (χ3v) is 6.30. The van der Waals surface area contributed by atoms with Crippen LogP contribution in [0.1, 0.15) is 19.4 Å². The van der Waals surface area contributed by atoms with E-state index in [0.717, 1.165) is 20.0 Å². The number of morpholine rings is 1. The standard InChI is InChI=1S/C20H22BrN3O4S2/c1-12-10-13(4-5-14(12)24-8-9-27-11-16(24)29)22-18(25)20(2,3)23-19(26)28-17-7-6-15(21)30-17/h4-7,10H,8-9,11H2,1-3H3,(H,22,25)(H,23,26). The Morgan fingerprint density at radius 1 is 1.30 bits per heavy atom. The van der Waals surface area contributed by atoms with Crippen LogP contribution in [-0.4, -0.2) is 42.3 Å². The van der Waals surface area contributed by atoms with Gasteiger partial charge in [-0.15, -0.1) is 0 Å². The minimum Gasteiger partial charge on any atom is -0.399 e. The maximum Gasteiger partial charge on any atom is 0.414 e. The van der Waals surface area contributed by atoms with Crippen molar-refractivity contribution in [3.63, 3.8) is 0 Å². The molecule has 1 aliphatic heterocycles.